The fourth-order valence-electron chi connectivity index (χ4n) is 0.460. The van der Waals surface area contributed by atoms with Crippen LogP contribution in [-0.2, 0) is 4.74 Å². The third-order valence-corrected chi connectivity index (χ3v) is 1.02. The van der Waals surface area contributed by atoms with E-state index in [0.717, 1.165) is 0 Å². The van der Waals surface area contributed by atoms with E-state index in [-0.39, 0.29) is 5.82 Å². The monoisotopic (exact) mass is 176 g/mol. The van der Waals surface area contributed by atoms with E-state index in [1.165, 1.54) is 12.1 Å². The van der Waals surface area contributed by atoms with Crippen LogP contribution in [0.25, 0.3) is 0 Å². The maximum Gasteiger partial charge on any atom is 0.124 e. The summed E-state index contributed by atoms with van der Waals surface area (Å²) in [5.74, 6) is -0.294. The van der Waals surface area contributed by atoms with Crippen molar-refractivity contribution in [3.63, 3.8) is 0 Å². The molecule has 0 heterocycles. The Balaban J connectivity index is 0.000000292. The topological polar surface area (TPSA) is 9.23 Å². The van der Waals surface area contributed by atoms with Crippen molar-refractivity contribution >= 4 is 11.6 Å². The van der Waals surface area contributed by atoms with Gasteiger partial charge in [0.15, 0.2) is 0 Å². The maximum absolute atomic E-state index is 12.1. The summed E-state index contributed by atoms with van der Waals surface area (Å²) in [6, 6.07) is 5.82. The second-order valence-corrected chi connectivity index (χ2v) is 2.28. The molecule has 0 saturated heterocycles. The van der Waals surface area contributed by atoms with Crippen molar-refractivity contribution in [2.24, 2.45) is 0 Å². The Morgan fingerprint density at radius 1 is 1.36 bits per heavy atom. The average molecular weight is 177 g/mol. The van der Waals surface area contributed by atoms with Crippen molar-refractivity contribution in [3.05, 3.63) is 35.1 Å². The highest BCUT2D eigenvalue weighted by Gasteiger charge is 1.86. The molecule has 0 amide bonds. The molecule has 0 saturated carbocycles. The second-order valence-electron chi connectivity index (χ2n) is 1.85. The van der Waals surface area contributed by atoms with Gasteiger partial charge in [-0.25, -0.2) is 4.39 Å². The first-order valence-corrected chi connectivity index (χ1v) is 3.39. The Hall–Kier alpha value is -0.600. The van der Waals surface area contributed by atoms with E-state index in [1.807, 2.05) is 0 Å². The standard InChI is InChI=1S/C6H4ClF.C2H6O/c7-5-2-1-3-6(8)4-5;1-3-2/h1-4H;1-2H3. The lowest BCUT2D eigenvalue weighted by molar-refractivity contribution is 0.277. The molecule has 0 aliphatic rings. The largest absolute Gasteiger partial charge is 0.388 e. The Kier molecular flexibility index (Phi) is 5.80. The molecular weight excluding hydrogens is 167 g/mol. The van der Waals surface area contributed by atoms with Gasteiger partial charge in [-0.2, -0.15) is 0 Å². The van der Waals surface area contributed by atoms with E-state index < -0.39 is 0 Å². The molecule has 62 valence electrons. The van der Waals surface area contributed by atoms with Gasteiger partial charge in [-0.3, -0.25) is 0 Å². The minimum Gasteiger partial charge on any atom is -0.388 e. The molecule has 1 aromatic rings. The van der Waals surface area contributed by atoms with Crippen molar-refractivity contribution in [1.29, 1.82) is 0 Å². The number of benzene rings is 1. The average Bonchev–Trinajstić information content (AvgIpc) is 1.88. The molecule has 0 N–H and O–H groups in total. The van der Waals surface area contributed by atoms with E-state index in [0.29, 0.717) is 5.02 Å². The molecule has 0 aromatic heterocycles. The predicted molar refractivity (Wildman–Crippen MR) is 44.3 cm³/mol. The zero-order chi connectivity index (χ0) is 8.69. The van der Waals surface area contributed by atoms with Gasteiger partial charge in [0, 0.05) is 19.2 Å². The first kappa shape index (κ1) is 10.4. The summed E-state index contributed by atoms with van der Waals surface area (Å²) in [7, 11) is 3.25. The number of hydrogen-bond acceptors (Lipinski definition) is 1. The number of halogens is 2. The quantitative estimate of drug-likeness (QED) is 0.591. The molecule has 1 rings (SSSR count). The molecule has 0 aliphatic carbocycles. The SMILES string of the molecule is COC.Fc1cccc(Cl)c1. The van der Waals surface area contributed by atoms with Gasteiger partial charge < -0.3 is 4.74 Å². The van der Waals surface area contributed by atoms with E-state index >= 15 is 0 Å². The second kappa shape index (κ2) is 6.13. The van der Waals surface area contributed by atoms with Crippen LogP contribution < -0.4 is 0 Å². The number of methoxy groups -OCH3 is 1. The summed E-state index contributed by atoms with van der Waals surface area (Å²) in [5, 5.41) is 0.435. The van der Waals surface area contributed by atoms with Crippen LogP contribution in [-0.4, -0.2) is 14.2 Å². The predicted octanol–water partition coefficient (Wildman–Crippen LogP) is 2.74. The van der Waals surface area contributed by atoms with Gasteiger partial charge in [0.2, 0.25) is 0 Å². The summed E-state index contributed by atoms with van der Waals surface area (Å²) in [5.41, 5.74) is 0. The number of hydrogen-bond donors (Lipinski definition) is 0. The summed E-state index contributed by atoms with van der Waals surface area (Å²) >= 11 is 5.40. The Bertz CT molecular complexity index is 186. The highest BCUT2D eigenvalue weighted by molar-refractivity contribution is 6.30. The molecule has 0 atom stereocenters. The van der Waals surface area contributed by atoms with Gasteiger partial charge in [0.1, 0.15) is 5.82 Å². The van der Waals surface area contributed by atoms with Crippen molar-refractivity contribution in [2.75, 3.05) is 14.2 Å². The van der Waals surface area contributed by atoms with Gasteiger partial charge >= 0.3 is 0 Å². The lowest BCUT2D eigenvalue weighted by atomic mass is 10.4. The molecule has 1 nitrogen and oxygen atoms in total. The summed E-state index contributed by atoms with van der Waals surface area (Å²) in [6.45, 7) is 0. The normalized spacial score (nSPS) is 8.36. The minimum atomic E-state index is -0.294. The molecule has 0 fully saturated rings. The summed E-state index contributed by atoms with van der Waals surface area (Å²) in [6.07, 6.45) is 0. The van der Waals surface area contributed by atoms with Crippen molar-refractivity contribution in [1.82, 2.24) is 0 Å². The fourth-order valence-corrected chi connectivity index (χ4v) is 0.637. The molecule has 3 heteroatoms. The highest BCUT2D eigenvalue weighted by Crippen LogP contribution is 2.07. The van der Waals surface area contributed by atoms with Gasteiger partial charge in [0.25, 0.3) is 0 Å². The van der Waals surface area contributed by atoms with Crippen LogP contribution in [0.2, 0.25) is 5.02 Å². The van der Waals surface area contributed by atoms with Crippen LogP contribution in [0.15, 0.2) is 24.3 Å². The molecule has 0 bridgehead atoms. The molecule has 11 heavy (non-hydrogen) atoms. The van der Waals surface area contributed by atoms with Crippen LogP contribution in [0.3, 0.4) is 0 Å². The van der Waals surface area contributed by atoms with Gasteiger partial charge in [-0.15, -0.1) is 0 Å². The third kappa shape index (κ3) is 5.83. The van der Waals surface area contributed by atoms with Crippen LogP contribution in [0.1, 0.15) is 0 Å². The lowest BCUT2D eigenvalue weighted by Gasteiger charge is -1.85. The first-order chi connectivity index (χ1) is 5.20. The summed E-state index contributed by atoms with van der Waals surface area (Å²) < 4.78 is 16.3. The minimum absolute atomic E-state index is 0.294. The zero-order valence-corrected chi connectivity index (χ0v) is 7.23. The first-order valence-electron chi connectivity index (χ1n) is 3.02. The Morgan fingerprint density at radius 2 is 1.91 bits per heavy atom. The van der Waals surface area contributed by atoms with Crippen LogP contribution in [0.5, 0.6) is 0 Å². The molecule has 0 aliphatic heterocycles. The molecule has 1 aromatic carbocycles. The van der Waals surface area contributed by atoms with Crippen LogP contribution in [0, 0.1) is 5.82 Å². The van der Waals surface area contributed by atoms with Crippen molar-refractivity contribution < 1.29 is 9.13 Å². The highest BCUT2D eigenvalue weighted by atomic mass is 35.5. The van der Waals surface area contributed by atoms with Gasteiger partial charge in [-0.05, 0) is 18.2 Å². The molecular formula is C8H10ClFO. The third-order valence-electron chi connectivity index (χ3n) is 0.787. The van der Waals surface area contributed by atoms with Crippen LogP contribution in [0.4, 0.5) is 4.39 Å². The maximum atomic E-state index is 12.1. The number of ether oxygens (including phenoxy) is 1. The van der Waals surface area contributed by atoms with E-state index in [9.17, 15) is 4.39 Å². The smallest absolute Gasteiger partial charge is 0.124 e. The van der Waals surface area contributed by atoms with E-state index in [2.05, 4.69) is 4.74 Å². The Labute approximate surface area is 70.7 Å². The van der Waals surface area contributed by atoms with Crippen LogP contribution >= 0.6 is 11.6 Å². The van der Waals surface area contributed by atoms with Gasteiger partial charge in [-0.1, -0.05) is 17.7 Å². The van der Waals surface area contributed by atoms with E-state index in [4.69, 9.17) is 11.6 Å². The van der Waals surface area contributed by atoms with Gasteiger partial charge in [0.05, 0.1) is 0 Å². The Morgan fingerprint density at radius 3 is 2.18 bits per heavy atom. The summed E-state index contributed by atoms with van der Waals surface area (Å²) in [4.78, 5) is 0. The molecule has 0 spiro atoms. The van der Waals surface area contributed by atoms with Crippen molar-refractivity contribution in [3.8, 4) is 0 Å². The fraction of sp³-hybridized carbons (Fsp3) is 0.250. The number of rotatable bonds is 0. The van der Waals surface area contributed by atoms with Crippen molar-refractivity contribution in [2.45, 2.75) is 0 Å². The zero-order valence-electron chi connectivity index (χ0n) is 6.47. The lowest BCUT2D eigenvalue weighted by Crippen LogP contribution is -1.68. The van der Waals surface area contributed by atoms with E-state index in [1.54, 1.807) is 26.4 Å². The molecule has 0 unspecified atom stereocenters. The molecule has 0 radical (unpaired) electrons.